The number of pyridine rings is 1. The van der Waals surface area contributed by atoms with Gasteiger partial charge in [0.05, 0.1) is 5.56 Å². The number of aromatic nitrogens is 1. The van der Waals surface area contributed by atoms with E-state index >= 15 is 0 Å². The van der Waals surface area contributed by atoms with E-state index < -0.39 is 0 Å². The minimum atomic E-state index is -0.326. The molecule has 130 valence electrons. The predicted octanol–water partition coefficient (Wildman–Crippen LogP) is 3.84. The van der Waals surface area contributed by atoms with Crippen molar-refractivity contribution in [2.45, 2.75) is 13.0 Å². The lowest BCUT2D eigenvalue weighted by atomic mass is 10.1. The van der Waals surface area contributed by atoms with Crippen LogP contribution in [0.4, 0.5) is 15.9 Å². The van der Waals surface area contributed by atoms with Crippen molar-refractivity contribution in [3.63, 3.8) is 0 Å². The first-order valence-electron chi connectivity index (χ1n) is 8.56. The number of hydrogen-bond acceptors (Lipinski definition) is 3. The fraction of sp³-hybridized carbons (Fsp3) is 0.143. The summed E-state index contributed by atoms with van der Waals surface area (Å²) in [5.41, 5.74) is 3.27. The molecule has 1 aliphatic rings. The maximum Gasteiger partial charge on any atom is 0.255 e. The van der Waals surface area contributed by atoms with Gasteiger partial charge in [0.1, 0.15) is 11.6 Å². The first kappa shape index (κ1) is 16.3. The molecule has 1 N–H and O–H groups in total. The zero-order chi connectivity index (χ0) is 17.9. The van der Waals surface area contributed by atoms with Crippen LogP contribution >= 0.6 is 0 Å². The number of carbonyl (C=O) groups is 1. The zero-order valence-corrected chi connectivity index (χ0v) is 14.2. The summed E-state index contributed by atoms with van der Waals surface area (Å²) in [4.78, 5) is 19.2. The van der Waals surface area contributed by atoms with Crippen molar-refractivity contribution in [3.05, 3.63) is 89.4 Å². The van der Waals surface area contributed by atoms with Crippen LogP contribution in [0.5, 0.6) is 0 Å². The summed E-state index contributed by atoms with van der Waals surface area (Å²) in [6.07, 6.45) is 2.60. The average Bonchev–Trinajstić information content (AvgIpc) is 3.11. The van der Waals surface area contributed by atoms with Gasteiger partial charge in [0.25, 0.3) is 5.91 Å². The van der Waals surface area contributed by atoms with Crippen LogP contribution in [-0.4, -0.2) is 17.4 Å². The second-order valence-electron chi connectivity index (χ2n) is 6.18. The molecular formula is C21H18FN3O. The third kappa shape index (κ3) is 3.04. The molecule has 0 saturated carbocycles. The zero-order valence-electron chi connectivity index (χ0n) is 14.2. The van der Waals surface area contributed by atoms with E-state index in [1.165, 1.54) is 11.6 Å². The van der Waals surface area contributed by atoms with Gasteiger partial charge in [0.2, 0.25) is 0 Å². The second-order valence-corrected chi connectivity index (χ2v) is 6.18. The number of anilines is 2. The van der Waals surface area contributed by atoms with Crippen molar-refractivity contribution in [1.82, 2.24) is 10.3 Å². The summed E-state index contributed by atoms with van der Waals surface area (Å²) < 4.78 is 13.8. The van der Waals surface area contributed by atoms with E-state index in [0.29, 0.717) is 16.9 Å². The highest BCUT2D eigenvalue weighted by Crippen LogP contribution is 2.34. The molecule has 0 aliphatic carbocycles. The van der Waals surface area contributed by atoms with Gasteiger partial charge in [-0.1, -0.05) is 36.4 Å². The lowest BCUT2D eigenvalue weighted by molar-refractivity contribution is 0.0951. The Morgan fingerprint density at radius 2 is 1.88 bits per heavy atom. The van der Waals surface area contributed by atoms with Crippen LogP contribution in [-0.2, 0) is 13.0 Å². The third-order valence-electron chi connectivity index (χ3n) is 4.57. The molecule has 0 fully saturated rings. The number of nitrogens with one attached hydrogen (secondary N) is 1. The summed E-state index contributed by atoms with van der Waals surface area (Å²) in [5.74, 6) is 0.0388. The van der Waals surface area contributed by atoms with E-state index in [-0.39, 0.29) is 18.3 Å². The predicted molar refractivity (Wildman–Crippen MR) is 99.0 cm³/mol. The molecule has 1 amide bonds. The lowest BCUT2D eigenvalue weighted by Crippen LogP contribution is -2.27. The fourth-order valence-electron chi connectivity index (χ4n) is 3.26. The number of halogens is 1. The lowest BCUT2D eigenvalue weighted by Gasteiger charge is -2.21. The summed E-state index contributed by atoms with van der Waals surface area (Å²) in [6, 6.07) is 18.1. The van der Waals surface area contributed by atoms with Crippen molar-refractivity contribution in [2.24, 2.45) is 0 Å². The van der Waals surface area contributed by atoms with Crippen molar-refractivity contribution in [3.8, 4) is 0 Å². The Balaban J connectivity index is 1.58. The van der Waals surface area contributed by atoms with Crippen LogP contribution < -0.4 is 10.2 Å². The largest absolute Gasteiger partial charge is 0.348 e. The molecule has 1 aromatic heterocycles. The van der Waals surface area contributed by atoms with Crippen LogP contribution in [0.25, 0.3) is 0 Å². The van der Waals surface area contributed by atoms with Crippen molar-refractivity contribution in [2.75, 3.05) is 11.4 Å². The molecule has 4 rings (SSSR count). The number of hydrogen-bond donors (Lipinski definition) is 1. The fourth-order valence-corrected chi connectivity index (χ4v) is 3.26. The second kappa shape index (κ2) is 6.96. The number of para-hydroxylation sites is 1. The highest BCUT2D eigenvalue weighted by molar-refractivity contribution is 5.99. The smallest absolute Gasteiger partial charge is 0.255 e. The molecule has 0 bridgehead atoms. The third-order valence-corrected chi connectivity index (χ3v) is 4.57. The van der Waals surface area contributed by atoms with Gasteiger partial charge in [-0.3, -0.25) is 4.79 Å². The first-order chi connectivity index (χ1) is 12.7. The van der Waals surface area contributed by atoms with Gasteiger partial charge in [0, 0.05) is 30.5 Å². The molecule has 4 nitrogen and oxygen atoms in total. The van der Waals surface area contributed by atoms with E-state index in [2.05, 4.69) is 21.3 Å². The molecule has 5 heteroatoms. The van der Waals surface area contributed by atoms with Gasteiger partial charge in [-0.05, 0) is 36.2 Å². The molecule has 0 unspecified atom stereocenters. The molecule has 2 aromatic carbocycles. The van der Waals surface area contributed by atoms with Crippen molar-refractivity contribution < 1.29 is 9.18 Å². The van der Waals surface area contributed by atoms with Crippen LogP contribution in [0.1, 0.15) is 21.5 Å². The Bertz CT molecular complexity index is 957. The van der Waals surface area contributed by atoms with Gasteiger partial charge in [0.15, 0.2) is 0 Å². The topological polar surface area (TPSA) is 45.2 Å². The summed E-state index contributed by atoms with van der Waals surface area (Å²) in [5, 5.41) is 2.80. The maximum absolute atomic E-state index is 13.8. The number of amides is 1. The van der Waals surface area contributed by atoms with Crippen molar-refractivity contribution >= 4 is 17.4 Å². The number of benzene rings is 2. The summed E-state index contributed by atoms with van der Waals surface area (Å²) in [6.45, 7) is 0.917. The molecule has 3 aromatic rings. The number of fused-ring (bicyclic) bond motifs is 1. The highest BCUT2D eigenvalue weighted by Gasteiger charge is 2.25. The Hall–Kier alpha value is -3.21. The van der Waals surface area contributed by atoms with Gasteiger partial charge >= 0.3 is 0 Å². The Kier molecular flexibility index (Phi) is 4.35. The minimum absolute atomic E-state index is 0.135. The van der Waals surface area contributed by atoms with E-state index in [9.17, 15) is 9.18 Å². The highest BCUT2D eigenvalue weighted by atomic mass is 19.1. The molecule has 26 heavy (non-hydrogen) atoms. The van der Waals surface area contributed by atoms with Crippen LogP contribution in [0, 0.1) is 5.82 Å². The van der Waals surface area contributed by atoms with Gasteiger partial charge in [-0.25, -0.2) is 9.37 Å². The van der Waals surface area contributed by atoms with Gasteiger partial charge in [-0.2, -0.15) is 0 Å². The Morgan fingerprint density at radius 3 is 2.77 bits per heavy atom. The molecule has 0 atom stereocenters. The standard InChI is InChI=1S/C21H18FN3O/c22-18-9-3-1-7-16(18)14-24-21(26)17-8-5-12-23-20(17)25-13-11-15-6-2-4-10-19(15)25/h1-10,12H,11,13-14H2,(H,24,26). The number of carbonyl (C=O) groups excluding carboxylic acids is 1. The SMILES string of the molecule is O=C(NCc1ccccc1F)c1cccnc1N1CCc2ccccc21. The molecule has 0 radical (unpaired) electrons. The number of rotatable bonds is 4. The van der Waals surface area contributed by atoms with Crippen LogP contribution in [0.3, 0.4) is 0 Å². The first-order valence-corrected chi connectivity index (χ1v) is 8.56. The average molecular weight is 347 g/mol. The van der Waals surface area contributed by atoms with Crippen LogP contribution in [0.2, 0.25) is 0 Å². The molecule has 1 aliphatic heterocycles. The Morgan fingerprint density at radius 1 is 1.08 bits per heavy atom. The molecular weight excluding hydrogens is 329 g/mol. The van der Waals surface area contributed by atoms with Gasteiger partial charge < -0.3 is 10.2 Å². The quantitative estimate of drug-likeness (QED) is 0.780. The minimum Gasteiger partial charge on any atom is -0.348 e. The summed E-state index contributed by atoms with van der Waals surface area (Å²) >= 11 is 0. The monoisotopic (exact) mass is 347 g/mol. The van der Waals surface area contributed by atoms with E-state index in [0.717, 1.165) is 18.7 Å². The maximum atomic E-state index is 13.8. The molecule has 0 saturated heterocycles. The summed E-state index contributed by atoms with van der Waals surface area (Å²) in [7, 11) is 0. The Labute approximate surface area is 151 Å². The van der Waals surface area contributed by atoms with E-state index in [1.807, 2.05) is 18.2 Å². The van der Waals surface area contributed by atoms with Crippen molar-refractivity contribution in [1.29, 1.82) is 0 Å². The molecule has 2 heterocycles. The normalized spacial score (nSPS) is 12.7. The number of nitrogens with zero attached hydrogens (tertiary/aromatic N) is 2. The molecule has 0 spiro atoms. The van der Waals surface area contributed by atoms with E-state index in [1.54, 1.807) is 36.5 Å². The van der Waals surface area contributed by atoms with Gasteiger partial charge in [-0.15, -0.1) is 0 Å². The van der Waals surface area contributed by atoms with Crippen LogP contribution in [0.15, 0.2) is 66.9 Å². The van der Waals surface area contributed by atoms with E-state index in [4.69, 9.17) is 0 Å².